The Hall–Kier alpha value is -3.34. The highest BCUT2D eigenvalue weighted by atomic mass is 16.5. The summed E-state index contributed by atoms with van der Waals surface area (Å²) in [5.74, 6) is 0.431. The molecule has 2 aromatic carbocycles. The topological polar surface area (TPSA) is 59.7 Å². The number of aromatic nitrogens is 3. The van der Waals surface area contributed by atoms with Crippen LogP contribution in [0.25, 0.3) is 16.9 Å². The monoisotopic (exact) mass is 317 g/mol. The van der Waals surface area contributed by atoms with Gasteiger partial charge in [0.05, 0.1) is 0 Å². The van der Waals surface area contributed by atoms with Crippen molar-refractivity contribution < 1.29 is 9.84 Å². The summed E-state index contributed by atoms with van der Waals surface area (Å²) < 4.78 is 7.09. The third kappa shape index (κ3) is 2.67. The van der Waals surface area contributed by atoms with Crippen molar-refractivity contribution in [2.45, 2.75) is 6.61 Å². The first-order chi connectivity index (χ1) is 11.8. The van der Waals surface area contributed by atoms with Crippen LogP contribution in [-0.2, 0) is 6.61 Å². The summed E-state index contributed by atoms with van der Waals surface area (Å²) in [5.41, 5.74) is 2.97. The van der Waals surface area contributed by atoms with Crippen molar-refractivity contribution in [3.05, 3.63) is 78.4 Å². The van der Waals surface area contributed by atoms with Gasteiger partial charge >= 0.3 is 0 Å². The van der Waals surface area contributed by atoms with E-state index >= 15 is 0 Å². The van der Waals surface area contributed by atoms with Crippen LogP contribution >= 0.6 is 0 Å². The maximum absolute atomic E-state index is 10.4. The zero-order valence-electron chi connectivity index (χ0n) is 12.8. The van der Waals surface area contributed by atoms with E-state index in [9.17, 15) is 5.11 Å². The summed E-state index contributed by atoms with van der Waals surface area (Å²) in [6.07, 6.45) is 0. The van der Waals surface area contributed by atoms with Crippen molar-refractivity contribution in [3.8, 4) is 23.0 Å². The normalized spacial score (nSPS) is 10.8. The van der Waals surface area contributed by atoms with Crippen LogP contribution in [0.2, 0.25) is 0 Å². The van der Waals surface area contributed by atoms with E-state index in [2.05, 4.69) is 10.1 Å². The lowest BCUT2D eigenvalue weighted by Gasteiger charge is -2.05. The predicted molar refractivity (Wildman–Crippen MR) is 90.9 cm³/mol. The van der Waals surface area contributed by atoms with Crippen molar-refractivity contribution in [1.29, 1.82) is 0 Å². The molecule has 0 saturated carbocycles. The number of ether oxygens (including phenoxy) is 1. The summed E-state index contributed by atoms with van der Waals surface area (Å²) in [6.45, 7) is 0.417. The second-order valence-corrected chi connectivity index (χ2v) is 5.37. The lowest BCUT2D eigenvalue weighted by molar-refractivity contribution is 0.287. The fourth-order valence-electron chi connectivity index (χ4n) is 2.50. The largest absolute Gasteiger partial charge is 0.492 e. The number of imidazole rings is 1. The Kier molecular flexibility index (Phi) is 3.59. The fourth-order valence-corrected chi connectivity index (χ4v) is 2.50. The molecule has 0 aliphatic rings. The molecule has 0 aliphatic carbocycles. The Morgan fingerprint density at radius 3 is 2.33 bits per heavy atom. The van der Waals surface area contributed by atoms with E-state index in [0.717, 1.165) is 11.1 Å². The van der Waals surface area contributed by atoms with Gasteiger partial charge in [-0.2, -0.15) is 4.52 Å². The van der Waals surface area contributed by atoms with Crippen LogP contribution < -0.4 is 4.74 Å². The molecule has 4 aromatic rings. The highest BCUT2D eigenvalue weighted by molar-refractivity contribution is 5.68. The average molecular weight is 317 g/mol. The van der Waals surface area contributed by atoms with Gasteiger partial charge < -0.3 is 9.84 Å². The van der Waals surface area contributed by atoms with E-state index in [-0.39, 0.29) is 5.88 Å². The zero-order chi connectivity index (χ0) is 16.4. The van der Waals surface area contributed by atoms with Crippen LogP contribution in [0.4, 0.5) is 0 Å². The minimum atomic E-state index is 0.00126. The fraction of sp³-hybridized carbons (Fsp3) is 0.0526. The van der Waals surface area contributed by atoms with Gasteiger partial charge in [0, 0.05) is 11.6 Å². The SMILES string of the molecule is Oc1c(-c2ccccc2)nc2ccc(OCc3ccccc3)nn12. The summed E-state index contributed by atoms with van der Waals surface area (Å²) >= 11 is 0. The van der Waals surface area contributed by atoms with Crippen molar-refractivity contribution in [2.75, 3.05) is 0 Å². The molecule has 0 spiro atoms. The van der Waals surface area contributed by atoms with E-state index in [1.165, 1.54) is 4.52 Å². The molecule has 2 heterocycles. The highest BCUT2D eigenvalue weighted by Gasteiger charge is 2.14. The van der Waals surface area contributed by atoms with Gasteiger partial charge in [0.1, 0.15) is 12.3 Å². The van der Waals surface area contributed by atoms with Crippen molar-refractivity contribution in [3.63, 3.8) is 0 Å². The third-order valence-corrected chi connectivity index (χ3v) is 3.71. The Balaban J connectivity index is 1.64. The number of aromatic hydroxyl groups is 1. The molecule has 0 radical (unpaired) electrons. The van der Waals surface area contributed by atoms with E-state index in [1.54, 1.807) is 12.1 Å². The smallest absolute Gasteiger partial charge is 0.241 e. The summed E-state index contributed by atoms with van der Waals surface area (Å²) in [6, 6.07) is 22.9. The van der Waals surface area contributed by atoms with E-state index in [1.807, 2.05) is 60.7 Å². The second kappa shape index (κ2) is 6.04. The van der Waals surface area contributed by atoms with Gasteiger partial charge in [0.2, 0.25) is 11.8 Å². The van der Waals surface area contributed by atoms with Crippen LogP contribution in [0.1, 0.15) is 5.56 Å². The van der Waals surface area contributed by atoms with Gasteiger partial charge in [-0.25, -0.2) is 4.98 Å². The third-order valence-electron chi connectivity index (χ3n) is 3.71. The first kappa shape index (κ1) is 14.3. The highest BCUT2D eigenvalue weighted by Crippen LogP contribution is 2.29. The molecule has 0 aliphatic heterocycles. The molecule has 0 amide bonds. The minimum absolute atomic E-state index is 0.00126. The quantitative estimate of drug-likeness (QED) is 0.624. The standard InChI is InChI=1S/C19H15N3O2/c23-19-18(15-9-5-2-6-10-15)20-16-11-12-17(21-22(16)19)24-13-14-7-3-1-4-8-14/h1-12,23H,13H2. The van der Waals surface area contributed by atoms with Crippen molar-refractivity contribution in [1.82, 2.24) is 14.6 Å². The Morgan fingerprint density at radius 2 is 1.58 bits per heavy atom. The Labute approximate surface area is 138 Å². The molecule has 5 nitrogen and oxygen atoms in total. The molecule has 1 N–H and O–H groups in total. The Morgan fingerprint density at radius 1 is 0.875 bits per heavy atom. The molecular formula is C19H15N3O2. The van der Waals surface area contributed by atoms with Crippen LogP contribution in [0.15, 0.2) is 72.8 Å². The molecule has 0 saturated heterocycles. The van der Waals surface area contributed by atoms with E-state index < -0.39 is 0 Å². The van der Waals surface area contributed by atoms with Crippen LogP contribution in [0, 0.1) is 0 Å². The maximum Gasteiger partial charge on any atom is 0.241 e. The number of hydrogen-bond acceptors (Lipinski definition) is 4. The number of fused-ring (bicyclic) bond motifs is 1. The van der Waals surface area contributed by atoms with Gasteiger partial charge in [-0.1, -0.05) is 60.7 Å². The van der Waals surface area contributed by atoms with Gasteiger partial charge in [-0.05, 0) is 11.6 Å². The lowest BCUT2D eigenvalue weighted by Crippen LogP contribution is -2.00. The molecule has 24 heavy (non-hydrogen) atoms. The Bertz CT molecular complexity index is 966. The molecule has 0 bridgehead atoms. The number of hydrogen-bond donors (Lipinski definition) is 1. The van der Waals surface area contributed by atoms with Gasteiger partial charge in [0.25, 0.3) is 0 Å². The summed E-state index contributed by atoms with van der Waals surface area (Å²) in [5, 5.41) is 14.8. The summed E-state index contributed by atoms with van der Waals surface area (Å²) in [7, 11) is 0. The van der Waals surface area contributed by atoms with Crippen molar-refractivity contribution in [2.24, 2.45) is 0 Å². The zero-order valence-corrected chi connectivity index (χ0v) is 12.8. The predicted octanol–water partition coefficient (Wildman–Crippen LogP) is 3.68. The van der Waals surface area contributed by atoms with Gasteiger partial charge in [-0.3, -0.25) is 0 Å². The van der Waals surface area contributed by atoms with E-state index in [0.29, 0.717) is 23.8 Å². The maximum atomic E-state index is 10.4. The molecule has 5 heteroatoms. The van der Waals surface area contributed by atoms with Crippen LogP contribution in [-0.4, -0.2) is 19.7 Å². The molecule has 118 valence electrons. The summed E-state index contributed by atoms with van der Waals surface area (Å²) in [4.78, 5) is 4.44. The first-order valence-corrected chi connectivity index (χ1v) is 7.62. The number of nitrogens with zero attached hydrogens (tertiary/aromatic N) is 3. The average Bonchev–Trinajstić information content (AvgIpc) is 2.98. The minimum Gasteiger partial charge on any atom is -0.492 e. The molecule has 2 aromatic heterocycles. The van der Waals surface area contributed by atoms with Crippen molar-refractivity contribution >= 4 is 5.65 Å². The molecule has 0 fully saturated rings. The molecule has 4 rings (SSSR count). The van der Waals surface area contributed by atoms with Gasteiger partial charge in [0.15, 0.2) is 5.65 Å². The molecule has 0 unspecified atom stereocenters. The molecular weight excluding hydrogens is 302 g/mol. The van der Waals surface area contributed by atoms with Crippen LogP contribution in [0.5, 0.6) is 11.8 Å². The lowest BCUT2D eigenvalue weighted by atomic mass is 10.2. The molecule has 0 atom stereocenters. The second-order valence-electron chi connectivity index (χ2n) is 5.37. The number of rotatable bonds is 4. The number of benzene rings is 2. The van der Waals surface area contributed by atoms with Gasteiger partial charge in [-0.15, -0.1) is 5.10 Å². The van der Waals surface area contributed by atoms with Crippen LogP contribution in [0.3, 0.4) is 0 Å². The first-order valence-electron chi connectivity index (χ1n) is 7.62. The van der Waals surface area contributed by atoms with E-state index in [4.69, 9.17) is 4.74 Å².